The highest BCUT2D eigenvalue weighted by atomic mass is 35.5. The maximum atomic E-state index is 12.7. The minimum atomic E-state index is -0.386. The second-order valence-electron chi connectivity index (χ2n) is 6.93. The van der Waals surface area contributed by atoms with Crippen LogP contribution in [0, 0.1) is 0 Å². The third-order valence-electron chi connectivity index (χ3n) is 3.60. The first-order chi connectivity index (χ1) is 12.6. The Morgan fingerprint density at radius 2 is 1.52 bits per heavy atom. The third kappa shape index (κ3) is 5.37. The molecule has 0 unspecified atom stereocenters. The van der Waals surface area contributed by atoms with Crippen LogP contribution in [0.25, 0.3) is 0 Å². The molecule has 0 saturated heterocycles. The normalized spacial score (nSPS) is 10.9. The fourth-order valence-electron chi connectivity index (χ4n) is 2.37. The van der Waals surface area contributed by atoms with Crippen LogP contribution in [0.3, 0.4) is 0 Å². The zero-order valence-corrected chi connectivity index (χ0v) is 16.7. The molecule has 0 radical (unpaired) electrons. The highest BCUT2D eigenvalue weighted by Crippen LogP contribution is 2.36. The number of hydrogen-bond acceptors (Lipinski definition) is 4. The molecule has 6 nitrogen and oxygen atoms in total. The van der Waals surface area contributed by atoms with Gasteiger partial charge in [-0.1, -0.05) is 17.7 Å². The maximum absolute atomic E-state index is 12.7. The Kier molecular flexibility index (Phi) is 6.33. The number of carbonyl (C=O) groups excluding carboxylic acids is 2. The zero-order chi connectivity index (χ0) is 20.2. The number of ether oxygens (including phenoxy) is 2. The Morgan fingerprint density at radius 3 is 2.07 bits per heavy atom. The molecule has 0 aliphatic heterocycles. The Hall–Kier alpha value is -2.73. The van der Waals surface area contributed by atoms with Gasteiger partial charge in [-0.05, 0) is 39.0 Å². The number of halogens is 1. The van der Waals surface area contributed by atoms with Gasteiger partial charge in [-0.25, -0.2) is 0 Å². The maximum Gasteiger partial charge on any atom is 0.255 e. The number of hydrogen-bond donors (Lipinski definition) is 2. The summed E-state index contributed by atoms with van der Waals surface area (Å²) in [4.78, 5) is 25.0. The van der Waals surface area contributed by atoms with Crippen molar-refractivity contribution in [2.45, 2.75) is 26.3 Å². The lowest BCUT2D eigenvalue weighted by molar-refractivity contribution is 0.0919. The smallest absolute Gasteiger partial charge is 0.255 e. The number of anilines is 1. The molecule has 2 aromatic rings. The van der Waals surface area contributed by atoms with E-state index in [2.05, 4.69) is 10.6 Å². The van der Waals surface area contributed by atoms with Gasteiger partial charge in [0, 0.05) is 28.8 Å². The van der Waals surface area contributed by atoms with Gasteiger partial charge in [-0.2, -0.15) is 0 Å². The van der Waals surface area contributed by atoms with Crippen molar-refractivity contribution in [3.8, 4) is 11.5 Å². The molecule has 2 amide bonds. The van der Waals surface area contributed by atoms with Crippen LogP contribution in [0.4, 0.5) is 5.69 Å². The number of nitrogens with one attached hydrogen (secondary N) is 2. The minimum absolute atomic E-state index is 0.247. The molecule has 7 heteroatoms. The molecule has 0 spiro atoms. The summed E-state index contributed by atoms with van der Waals surface area (Å²) in [6.45, 7) is 5.67. The Labute approximate surface area is 163 Å². The Morgan fingerprint density at radius 1 is 0.926 bits per heavy atom. The zero-order valence-electron chi connectivity index (χ0n) is 16.0. The van der Waals surface area contributed by atoms with Crippen LogP contribution in [0.5, 0.6) is 11.5 Å². The van der Waals surface area contributed by atoms with Crippen molar-refractivity contribution in [3.05, 3.63) is 52.5 Å². The quantitative estimate of drug-likeness (QED) is 0.804. The Bertz CT molecular complexity index is 860. The van der Waals surface area contributed by atoms with Crippen LogP contribution in [-0.2, 0) is 0 Å². The van der Waals surface area contributed by atoms with Crippen molar-refractivity contribution >= 4 is 29.1 Å². The lowest BCUT2D eigenvalue weighted by Crippen LogP contribution is -2.40. The van der Waals surface area contributed by atoms with Gasteiger partial charge in [0.2, 0.25) is 0 Å². The molecule has 0 saturated carbocycles. The molecular formula is C20H23ClN2O4. The first-order valence-electron chi connectivity index (χ1n) is 8.30. The van der Waals surface area contributed by atoms with Gasteiger partial charge in [-0.15, -0.1) is 0 Å². The van der Waals surface area contributed by atoms with Gasteiger partial charge < -0.3 is 20.1 Å². The predicted molar refractivity (Wildman–Crippen MR) is 106 cm³/mol. The number of methoxy groups -OCH3 is 2. The summed E-state index contributed by atoms with van der Waals surface area (Å²) in [7, 11) is 2.96. The standard InChI is InChI=1S/C20H23ClN2O4/c1-20(2,3)23-19(25)13-8-6-7-12(9-13)18(24)22-15-11-16(26-4)14(21)10-17(15)27-5/h6-11H,1-5H3,(H,22,24)(H,23,25). The van der Waals surface area contributed by atoms with Crippen LogP contribution >= 0.6 is 11.6 Å². The van der Waals surface area contributed by atoms with Gasteiger partial charge in [0.1, 0.15) is 11.5 Å². The SMILES string of the molecule is COc1cc(NC(=O)c2cccc(C(=O)NC(C)(C)C)c2)c(OC)cc1Cl. The molecule has 0 atom stereocenters. The fraction of sp³-hybridized carbons (Fsp3) is 0.300. The van der Waals surface area contributed by atoms with Gasteiger partial charge in [0.05, 0.1) is 24.9 Å². The molecule has 0 heterocycles. The minimum Gasteiger partial charge on any atom is -0.495 e. The molecule has 0 aliphatic carbocycles. The van der Waals surface area contributed by atoms with Crippen molar-refractivity contribution in [1.29, 1.82) is 0 Å². The van der Waals surface area contributed by atoms with Crippen molar-refractivity contribution in [2.75, 3.05) is 19.5 Å². The molecule has 0 aromatic heterocycles. The number of benzene rings is 2. The first kappa shape index (κ1) is 20.6. The molecule has 2 rings (SSSR count). The average molecular weight is 391 g/mol. The summed E-state index contributed by atoms with van der Waals surface area (Å²) in [5.74, 6) is 0.174. The second-order valence-corrected chi connectivity index (χ2v) is 7.33. The highest BCUT2D eigenvalue weighted by Gasteiger charge is 2.18. The van der Waals surface area contributed by atoms with Crippen molar-refractivity contribution < 1.29 is 19.1 Å². The van der Waals surface area contributed by atoms with E-state index in [0.29, 0.717) is 33.3 Å². The van der Waals surface area contributed by atoms with E-state index in [1.807, 2.05) is 20.8 Å². The van der Waals surface area contributed by atoms with Crippen LogP contribution in [0.1, 0.15) is 41.5 Å². The van der Waals surface area contributed by atoms with E-state index in [1.54, 1.807) is 30.3 Å². The topological polar surface area (TPSA) is 76.7 Å². The molecule has 27 heavy (non-hydrogen) atoms. The summed E-state index contributed by atoms with van der Waals surface area (Å²) in [5.41, 5.74) is 0.779. The largest absolute Gasteiger partial charge is 0.495 e. The molecule has 2 aromatic carbocycles. The first-order valence-corrected chi connectivity index (χ1v) is 8.68. The van der Waals surface area contributed by atoms with E-state index < -0.39 is 0 Å². The lowest BCUT2D eigenvalue weighted by atomic mass is 10.1. The number of rotatable bonds is 5. The predicted octanol–water partition coefficient (Wildman–Crippen LogP) is 4.14. The monoisotopic (exact) mass is 390 g/mol. The second kappa shape index (κ2) is 8.31. The molecule has 0 aliphatic rings. The molecule has 144 valence electrons. The van der Waals surface area contributed by atoms with Crippen molar-refractivity contribution in [1.82, 2.24) is 5.32 Å². The van der Waals surface area contributed by atoms with E-state index in [9.17, 15) is 9.59 Å². The molecule has 0 bridgehead atoms. The summed E-state index contributed by atoms with van der Waals surface area (Å²) in [6.07, 6.45) is 0. The summed E-state index contributed by atoms with van der Waals surface area (Å²) < 4.78 is 10.4. The fourth-order valence-corrected chi connectivity index (χ4v) is 2.60. The Balaban J connectivity index is 2.27. The molecule has 2 N–H and O–H groups in total. The van der Waals surface area contributed by atoms with E-state index >= 15 is 0 Å². The van der Waals surface area contributed by atoms with Gasteiger partial charge in [-0.3, -0.25) is 9.59 Å². The van der Waals surface area contributed by atoms with Gasteiger partial charge >= 0.3 is 0 Å². The number of carbonyl (C=O) groups is 2. The van der Waals surface area contributed by atoms with Crippen LogP contribution < -0.4 is 20.1 Å². The summed E-state index contributed by atoms with van der Waals surface area (Å²) in [5, 5.41) is 6.00. The van der Waals surface area contributed by atoms with E-state index in [1.165, 1.54) is 20.3 Å². The van der Waals surface area contributed by atoms with Gasteiger partial charge in [0.25, 0.3) is 11.8 Å². The van der Waals surface area contributed by atoms with Crippen LogP contribution in [-0.4, -0.2) is 31.6 Å². The molecule has 0 fully saturated rings. The lowest BCUT2D eigenvalue weighted by Gasteiger charge is -2.20. The highest BCUT2D eigenvalue weighted by molar-refractivity contribution is 6.32. The van der Waals surface area contributed by atoms with Crippen LogP contribution in [0.15, 0.2) is 36.4 Å². The van der Waals surface area contributed by atoms with E-state index in [4.69, 9.17) is 21.1 Å². The van der Waals surface area contributed by atoms with Crippen LogP contribution in [0.2, 0.25) is 5.02 Å². The van der Waals surface area contributed by atoms with Gasteiger partial charge in [0.15, 0.2) is 0 Å². The van der Waals surface area contributed by atoms with Crippen molar-refractivity contribution in [3.63, 3.8) is 0 Å². The third-order valence-corrected chi connectivity index (χ3v) is 3.89. The average Bonchev–Trinajstić information content (AvgIpc) is 2.61. The van der Waals surface area contributed by atoms with Crippen molar-refractivity contribution in [2.24, 2.45) is 0 Å². The van der Waals surface area contributed by atoms with E-state index in [0.717, 1.165) is 0 Å². The summed E-state index contributed by atoms with van der Waals surface area (Å²) in [6, 6.07) is 9.62. The van der Waals surface area contributed by atoms with E-state index in [-0.39, 0.29) is 17.4 Å². The molecular weight excluding hydrogens is 368 g/mol. The summed E-state index contributed by atoms with van der Waals surface area (Å²) >= 11 is 6.08. The number of amides is 2.